The first-order valence-electron chi connectivity index (χ1n) is 6.10. The number of nitrogens with one attached hydrogen (secondary N) is 1. The highest BCUT2D eigenvalue weighted by atomic mass is 35.5. The lowest BCUT2D eigenvalue weighted by Gasteiger charge is -2.34. The first-order chi connectivity index (χ1) is 8.65. The molecule has 0 aromatic heterocycles. The average molecular weight is 348 g/mol. The minimum absolute atomic E-state index is 0. The molecular formula is C13H19Cl3F2N2. The molecule has 1 atom stereocenters. The highest BCUT2D eigenvalue weighted by Crippen LogP contribution is 2.32. The first-order valence-corrected chi connectivity index (χ1v) is 6.48. The van der Waals surface area contributed by atoms with E-state index < -0.39 is 12.7 Å². The third kappa shape index (κ3) is 4.18. The maximum Gasteiger partial charge on any atom is 0.132 e. The molecule has 1 aromatic rings. The number of rotatable bonds is 3. The van der Waals surface area contributed by atoms with Crippen LogP contribution in [0.2, 0.25) is 5.02 Å². The summed E-state index contributed by atoms with van der Waals surface area (Å²) in [4.78, 5) is 1.94. The molecule has 0 spiro atoms. The second-order valence-electron chi connectivity index (χ2n) is 4.55. The number of halogens is 5. The summed E-state index contributed by atoms with van der Waals surface area (Å²) >= 11 is 6.05. The van der Waals surface area contributed by atoms with E-state index >= 15 is 0 Å². The molecule has 0 saturated carbocycles. The molecule has 1 heterocycles. The van der Waals surface area contributed by atoms with Crippen LogP contribution in [0, 0.1) is 12.7 Å². The van der Waals surface area contributed by atoms with Crippen molar-refractivity contribution < 1.29 is 8.78 Å². The van der Waals surface area contributed by atoms with Gasteiger partial charge in [0.1, 0.15) is 12.5 Å². The largest absolute Gasteiger partial charge is 0.314 e. The van der Waals surface area contributed by atoms with Crippen LogP contribution in [-0.2, 0) is 0 Å². The highest BCUT2D eigenvalue weighted by molar-refractivity contribution is 6.31. The summed E-state index contributed by atoms with van der Waals surface area (Å²) in [5, 5.41) is 3.50. The van der Waals surface area contributed by atoms with Gasteiger partial charge >= 0.3 is 0 Å². The molecule has 1 aliphatic heterocycles. The molecular weight excluding hydrogens is 329 g/mol. The molecule has 1 aromatic carbocycles. The van der Waals surface area contributed by atoms with Crippen LogP contribution in [0.15, 0.2) is 12.1 Å². The molecule has 116 valence electrons. The summed E-state index contributed by atoms with van der Waals surface area (Å²) < 4.78 is 27.5. The SMILES string of the molecule is Cc1ccc(Cl)c([C@@H](CF)N2CCNCC2)c1F.Cl.Cl. The first kappa shape index (κ1) is 19.9. The summed E-state index contributed by atoms with van der Waals surface area (Å²) in [6.45, 7) is 4.04. The Bertz CT molecular complexity index is 426. The van der Waals surface area contributed by atoms with Crippen molar-refractivity contribution in [3.05, 3.63) is 34.1 Å². The summed E-state index contributed by atoms with van der Waals surface area (Å²) in [5.41, 5.74) is 0.795. The molecule has 1 saturated heterocycles. The Morgan fingerprint density at radius 3 is 2.45 bits per heavy atom. The van der Waals surface area contributed by atoms with E-state index in [2.05, 4.69) is 5.32 Å². The molecule has 2 nitrogen and oxygen atoms in total. The van der Waals surface area contributed by atoms with Gasteiger partial charge in [-0.05, 0) is 18.6 Å². The topological polar surface area (TPSA) is 15.3 Å². The fraction of sp³-hybridized carbons (Fsp3) is 0.538. The highest BCUT2D eigenvalue weighted by Gasteiger charge is 2.27. The van der Waals surface area contributed by atoms with Crippen LogP contribution in [0.4, 0.5) is 8.78 Å². The van der Waals surface area contributed by atoms with E-state index in [0.29, 0.717) is 29.2 Å². The van der Waals surface area contributed by atoms with E-state index in [9.17, 15) is 8.78 Å². The summed E-state index contributed by atoms with van der Waals surface area (Å²) in [5.74, 6) is -0.385. The molecule has 1 N–H and O–H groups in total. The zero-order valence-corrected chi connectivity index (χ0v) is 13.6. The number of alkyl halides is 1. The molecule has 1 fully saturated rings. The number of piperazine rings is 1. The van der Waals surface area contributed by atoms with Crippen molar-refractivity contribution >= 4 is 36.4 Å². The van der Waals surface area contributed by atoms with Crippen molar-refractivity contribution in [3.63, 3.8) is 0 Å². The van der Waals surface area contributed by atoms with Crippen LogP contribution in [-0.4, -0.2) is 37.8 Å². The van der Waals surface area contributed by atoms with E-state index in [4.69, 9.17) is 11.6 Å². The number of hydrogen-bond acceptors (Lipinski definition) is 2. The van der Waals surface area contributed by atoms with Gasteiger partial charge in [-0.3, -0.25) is 4.90 Å². The minimum Gasteiger partial charge on any atom is -0.314 e. The van der Waals surface area contributed by atoms with Gasteiger partial charge in [-0.2, -0.15) is 0 Å². The number of hydrogen-bond donors (Lipinski definition) is 1. The standard InChI is InChI=1S/C13H17ClF2N2.2ClH/c1-9-2-3-10(14)12(13(9)16)11(8-15)18-6-4-17-5-7-18;;/h2-3,11,17H,4-8H2,1H3;2*1H/t11-;;/m1../s1. The van der Waals surface area contributed by atoms with Crippen LogP contribution in [0.1, 0.15) is 17.2 Å². The Balaban J connectivity index is 0.00000180. The molecule has 7 heteroatoms. The van der Waals surface area contributed by atoms with Crippen LogP contribution < -0.4 is 5.32 Å². The van der Waals surface area contributed by atoms with Gasteiger partial charge in [0.15, 0.2) is 0 Å². The molecule has 2 rings (SSSR count). The van der Waals surface area contributed by atoms with Crippen molar-refractivity contribution in [1.82, 2.24) is 10.2 Å². The second-order valence-corrected chi connectivity index (χ2v) is 4.96. The number of benzene rings is 1. The van der Waals surface area contributed by atoms with Crippen LogP contribution >= 0.6 is 36.4 Å². The summed E-state index contributed by atoms with van der Waals surface area (Å²) in [6, 6.07) is 2.67. The zero-order chi connectivity index (χ0) is 13.1. The lowest BCUT2D eigenvalue weighted by Crippen LogP contribution is -2.46. The Morgan fingerprint density at radius 2 is 1.90 bits per heavy atom. The lowest BCUT2D eigenvalue weighted by atomic mass is 10.0. The zero-order valence-electron chi connectivity index (χ0n) is 11.2. The van der Waals surface area contributed by atoms with E-state index in [1.165, 1.54) is 0 Å². The molecule has 0 radical (unpaired) electrons. The normalized spacial score (nSPS) is 17.0. The molecule has 0 bridgehead atoms. The molecule has 20 heavy (non-hydrogen) atoms. The van der Waals surface area contributed by atoms with Crippen LogP contribution in [0.3, 0.4) is 0 Å². The van der Waals surface area contributed by atoms with Crippen LogP contribution in [0.5, 0.6) is 0 Å². The van der Waals surface area contributed by atoms with E-state index in [-0.39, 0.29) is 30.6 Å². The van der Waals surface area contributed by atoms with Crippen molar-refractivity contribution in [3.8, 4) is 0 Å². The van der Waals surface area contributed by atoms with Gasteiger partial charge in [-0.15, -0.1) is 24.8 Å². The maximum atomic E-state index is 14.2. The van der Waals surface area contributed by atoms with Crippen LogP contribution in [0.25, 0.3) is 0 Å². The van der Waals surface area contributed by atoms with Crippen molar-refractivity contribution in [2.24, 2.45) is 0 Å². The maximum absolute atomic E-state index is 14.2. The fourth-order valence-corrected chi connectivity index (χ4v) is 2.61. The van der Waals surface area contributed by atoms with Gasteiger partial charge in [0, 0.05) is 36.8 Å². The lowest BCUT2D eigenvalue weighted by molar-refractivity contribution is 0.144. The Kier molecular flexibility index (Phi) is 8.95. The smallest absolute Gasteiger partial charge is 0.132 e. The molecule has 0 unspecified atom stereocenters. The average Bonchev–Trinajstić information content (AvgIpc) is 2.40. The van der Waals surface area contributed by atoms with Crippen molar-refractivity contribution in [2.45, 2.75) is 13.0 Å². The van der Waals surface area contributed by atoms with Gasteiger partial charge < -0.3 is 5.32 Å². The Morgan fingerprint density at radius 1 is 1.30 bits per heavy atom. The quantitative estimate of drug-likeness (QED) is 0.899. The number of aryl methyl sites for hydroxylation is 1. The van der Waals surface area contributed by atoms with Crippen molar-refractivity contribution in [2.75, 3.05) is 32.9 Å². The Hall–Kier alpha value is -0.130. The monoisotopic (exact) mass is 346 g/mol. The molecule has 0 amide bonds. The van der Waals surface area contributed by atoms with Gasteiger partial charge in [0.05, 0.1) is 6.04 Å². The predicted octanol–water partition coefficient (Wildman–Crippen LogP) is 3.55. The van der Waals surface area contributed by atoms with Gasteiger partial charge in [0.25, 0.3) is 0 Å². The van der Waals surface area contributed by atoms with Crippen molar-refractivity contribution in [1.29, 1.82) is 0 Å². The Labute approximate surface area is 135 Å². The van der Waals surface area contributed by atoms with Gasteiger partial charge in [-0.25, -0.2) is 8.78 Å². The fourth-order valence-electron chi connectivity index (χ4n) is 2.33. The summed E-state index contributed by atoms with van der Waals surface area (Å²) in [7, 11) is 0. The van der Waals surface area contributed by atoms with Gasteiger partial charge in [-0.1, -0.05) is 17.7 Å². The van der Waals surface area contributed by atoms with E-state index in [0.717, 1.165) is 13.1 Å². The minimum atomic E-state index is -0.625. The third-order valence-corrected chi connectivity index (χ3v) is 3.72. The molecule has 0 aliphatic carbocycles. The second kappa shape index (κ2) is 9.00. The predicted molar refractivity (Wildman–Crippen MR) is 83.8 cm³/mol. The summed E-state index contributed by atoms with van der Waals surface area (Å²) in [6.07, 6.45) is 0. The number of nitrogens with zero attached hydrogens (tertiary/aromatic N) is 1. The third-order valence-electron chi connectivity index (χ3n) is 3.39. The van der Waals surface area contributed by atoms with E-state index in [1.807, 2.05) is 4.90 Å². The van der Waals surface area contributed by atoms with Gasteiger partial charge in [0.2, 0.25) is 0 Å². The van der Waals surface area contributed by atoms with E-state index in [1.54, 1.807) is 19.1 Å². The molecule has 1 aliphatic rings.